The number of hydrogen-bond donors (Lipinski definition) is 1. The van der Waals surface area contributed by atoms with Gasteiger partial charge in [0, 0.05) is 0 Å². The maximum absolute atomic E-state index is 12.5. The van der Waals surface area contributed by atoms with Gasteiger partial charge < -0.3 is 9.47 Å². The van der Waals surface area contributed by atoms with Crippen LogP contribution in [-0.4, -0.2) is 40.2 Å². The van der Waals surface area contributed by atoms with Crippen LogP contribution in [0.15, 0.2) is 64.2 Å². The maximum atomic E-state index is 12.5. The molecule has 0 bridgehead atoms. The molecule has 2 aromatic carbocycles. The number of hydrazone groups is 1. The Kier molecular flexibility index (Phi) is 7.51. The minimum Gasteiger partial charge on any atom is -0.490 e. The molecule has 0 aromatic heterocycles. The number of fused-ring (bicyclic) bond motifs is 1. The minimum atomic E-state index is -0.421. The molecule has 36 heavy (non-hydrogen) atoms. The van der Waals surface area contributed by atoms with E-state index in [4.69, 9.17) is 14.9 Å². The Labute approximate surface area is 215 Å². The first-order chi connectivity index (χ1) is 17.6. The summed E-state index contributed by atoms with van der Waals surface area (Å²) in [5, 5.41) is 15.5. The van der Waals surface area contributed by atoms with E-state index in [1.165, 1.54) is 54.4 Å². The van der Waals surface area contributed by atoms with E-state index in [9.17, 15) is 4.79 Å². The van der Waals surface area contributed by atoms with Gasteiger partial charge in [0.15, 0.2) is 5.84 Å². The average molecular weight is 503 g/mol. The van der Waals surface area contributed by atoms with E-state index in [2.05, 4.69) is 34.4 Å². The fourth-order valence-corrected chi connectivity index (χ4v) is 5.42. The van der Waals surface area contributed by atoms with E-state index >= 15 is 0 Å². The summed E-state index contributed by atoms with van der Waals surface area (Å²) in [5.41, 5.74) is 2.43. The van der Waals surface area contributed by atoms with Crippen LogP contribution in [0.2, 0.25) is 0 Å². The molecule has 0 saturated heterocycles. The van der Waals surface area contributed by atoms with E-state index < -0.39 is 5.91 Å². The third-order valence-electron chi connectivity index (χ3n) is 6.57. The number of amidine groups is 2. The van der Waals surface area contributed by atoms with Gasteiger partial charge in [-0.2, -0.15) is 15.1 Å². The van der Waals surface area contributed by atoms with Crippen molar-refractivity contribution in [3.05, 3.63) is 65.2 Å². The number of nitrogens with zero attached hydrogens (tertiary/aromatic N) is 3. The number of thioether (sulfide) groups is 1. The van der Waals surface area contributed by atoms with Gasteiger partial charge in [-0.1, -0.05) is 50.5 Å². The van der Waals surface area contributed by atoms with E-state index in [0.29, 0.717) is 30.0 Å². The molecule has 1 N–H and O–H groups in total. The number of nitrogens with one attached hydrogen (secondary N) is 1. The Morgan fingerprint density at radius 3 is 2.28 bits per heavy atom. The monoisotopic (exact) mass is 502 g/mol. The first-order valence-electron chi connectivity index (χ1n) is 12.6. The van der Waals surface area contributed by atoms with Crippen LogP contribution in [0.3, 0.4) is 0 Å². The second kappa shape index (κ2) is 11.1. The van der Waals surface area contributed by atoms with Crippen LogP contribution in [-0.2, 0) is 4.79 Å². The molecule has 1 saturated carbocycles. The number of carbonyl (C=O) groups excluding carboxylic acids is 1. The van der Waals surface area contributed by atoms with Gasteiger partial charge in [-0.15, -0.1) is 0 Å². The lowest BCUT2D eigenvalue weighted by Gasteiger charge is -2.22. The number of carbonyl (C=O) groups is 1. The zero-order chi connectivity index (χ0) is 24.9. The highest BCUT2D eigenvalue weighted by Crippen LogP contribution is 2.33. The molecule has 0 atom stereocenters. The van der Waals surface area contributed by atoms with Crippen molar-refractivity contribution in [3.63, 3.8) is 0 Å². The molecule has 2 aromatic rings. The van der Waals surface area contributed by atoms with E-state index in [1.54, 1.807) is 6.08 Å². The molecule has 0 unspecified atom stereocenters. The van der Waals surface area contributed by atoms with Crippen molar-refractivity contribution in [3.8, 4) is 11.5 Å². The van der Waals surface area contributed by atoms with Gasteiger partial charge in [0.05, 0.1) is 5.57 Å². The van der Waals surface area contributed by atoms with Crippen LogP contribution in [0.4, 0.5) is 0 Å². The van der Waals surface area contributed by atoms with Crippen molar-refractivity contribution >= 4 is 39.8 Å². The topological polar surface area (TPSA) is 87.3 Å². The second-order valence-electron chi connectivity index (χ2n) is 9.04. The Hall–Kier alpha value is -3.39. The summed E-state index contributed by atoms with van der Waals surface area (Å²) in [5.74, 6) is 1.90. The summed E-state index contributed by atoms with van der Waals surface area (Å²) in [6, 6.07) is 15.9. The summed E-state index contributed by atoms with van der Waals surface area (Å²) in [4.78, 5) is 16.6. The number of hydrogen-bond acceptors (Lipinski definition) is 6. The highest BCUT2D eigenvalue weighted by molar-refractivity contribution is 8.26. The fourth-order valence-electron chi connectivity index (χ4n) is 4.59. The second-order valence-corrected chi connectivity index (χ2v) is 10.1. The summed E-state index contributed by atoms with van der Waals surface area (Å²) in [6.45, 7) is 2.86. The van der Waals surface area contributed by atoms with Crippen LogP contribution in [0.25, 0.3) is 6.08 Å². The molecule has 1 aliphatic carbocycles. The summed E-state index contributed by atoms with van der Waals surface area (Å²) < 4.78 is 11.7. The zero-order valence-electron chi connectivity index (χ0n) is 20.4. The third kappa shape index (κ3) is 5.54. The van der Waals surface area contributed by atoms with Gasteiger partial charge in [0.2, 0.25) is 5.17 Å². The standard InChI is InChI=1S/C28H30N4O3S/c1-2-25-31-32-26(29)24(27(33)30-28(32)36-25)18-19-8-12-22(13-9-19)34-16-17-35-23-14-10-21(11-15-23)20-6-4-3-5-7-20/h8-15,18,20,29H,2-7,16-17H2,1H3. The van der Waals surface area contributed by atoms with Crippen molar-refractivity contribution < 1.29 is 14.3 Å². The van der Waals surface area contributed by atoms with Crippen LogP contribution in [0, 0.1) is 5.41 Å². The molecule has 1 amide bonds. The normalized spacial score (nSPS) is 19.2. The van der Waals surface area contributed by atoms with E-state index in [-0.39, 0.29) is 11.4 Å². The van der Waals surface area contributed by atoms with Gasteiger partial charge in [-0.3, -0.25) is 10.2 Å². The van der Waals surface area contributed by atoms with Gasteiger partial charge in [0.25, 0.3) is 5.91 Å². The molecule has 1 fully saturated rings. The Morgan fingerprint density at radius 1 is 1.00 bits per heavy atom. The van der Waals surface area contributed by atoms with Gasteiger partial charge in [-0.25, -0.2) is 0 Å². The third-order valence-corrected chi connectivity index (χ3v) is 7.62. The lowest BCUT2D eigenvalue weighted by Crippen LogP contribution is -2.35. The van der Waals surface area contributed by atoms with Crippen LogP contribution >= 0.6 is 11.8 Å². The largest absolute Gasteiger partial charge is 0.490 e. The zero-order valence-corrected chi connectivity index (χ0v) is 21.2. The quantitative estimate of drug-likeness (QED) is 0.342. The number of rotatable bonds is 8. The molecule has 5 rings (SSSR count). The molecule has 2 aliphatic heterocycles. The summed E-state index contributed by atoms with van der Waals surface area (Å²) >= 11 is 1.34. The molecule has 0 spiro atoms. The van der Waals surface area contributed by atoms with Crippen LogP contribution < -0.4 is 9.47 Å². The molecule has 0 radical (unpaired) electrons. The minimum absolute atomic E-state index is 0.0465. The van der Waals surface area contributed by atoms with Crippen molar-refractivity contribution in [2.75, 3.05) is 13.2 Å². The first-order valence-corrected chi connectivity index (χ1v) is 13.4. The van der Waals surface area contributed by atoms with Crippen molar-refractivity contribution in [1.82, 2.24) is 5.01 Å². The summed E-state index contributed by atoms with van der Waals surface area (Å²) in [6.07, 6.45) is 9.03. The van der Waals surface area contributed by atoms with Gasteiger partial charge in [-0.05, 0) is 78.4 Å². The first kappa shape index (κ1) is 24.3. The molecule has 2 heterocycles. The predicted molar refractivity (Wildman–Crippen MR) is 145 cm³/mol. The average Bonchev–Trinajstić information content (AvgIpc) is 3.34. The highest BCUT2D eigenvalue weighted by Gasteiger charge is 2.35. The SMILES string of the molecule is CCC1=NN2C(=N)C(=Cc3ccc(OCCOc4ccc(C5CCCCC5)cc4)cc3)C(=O)N=C2S1. The fraction of sp³-hybridized carbons (Fsp3) is 0.357. The lowest BCUT2D eigenvalue weighted by atomic mass is 9.84. The molecule has 8 heteroatoms. The molecule has 7 nitrogen and oxygen atoms in total. The van der Waals surface area contributed by atoms with Crippen molar-refractivity contribution in [2.45, 2.75) is 51.4 Å². The molecular formula is C28H30N4O3S. The molecular weight excluding hydrogens is 472 g/mol. The van der Waals surface area contributed by atoms with E-state index in [1.807, 2.05) is 31.2 Å². The summed E-state index contributed by atoms with van der Waals surface area (Å²) in [7, 11) is 0. The predicted octanol–water partition coefficient (Wildman–Crippen LogP) is 6.22. The Bertz CT molecular complexity index is 1210. The van der Waals surface area contributed by atoms with Crippen LogP contribution in [0.1, 0.15) is 62.5 Å². The Morgan fingerprint density at radius 2 is 1.64 bits per heavy atom. The highest BCUT2D eigenvalue weighted by atomic mass is 32.2. The lowest BCUT2D eigenvalue weighted by molar-refractivity contribution is -0.114. The van der Waals surface area contributed by atoms with Crippen LogP contribution in [0.5, 0.6) is 11.5 Å². The number of benzene rings is 2. The van der Waals surface area contributed by atoms with Gasteiger partial charge >= 0.3 is 0 Å². The molecule has 186 valence electrons. The number of aliphatic imine (C=N–C) groups is 1. The van der Waals surface area contributed by atoms with E-state index in [0.717, 1.165) is 22.8 Å². The van der Waals surface area contributed by atoms with Crippen molar-refractivity contribution in [1.29, 1.82) is 5.41 Å². The van der Waals surface area contributed by atoms with Crippen molar-refractivity contribution in [2.24, 2.45) is 10.1 Å². The smallest absolute Gasteiger partial charge is 0.283 e. The number of amides is 1. The number of ether oxygens (including phenoxy) is 2. The molecule has 3 aliphatic rings. The van der Waals surface area contributed by atoms with Gasteiger partial charge in [0.1, 0.15) is 29.8 Å². The maximum Gasteiger partial charge on any atom is 0.283 e. The Balaban J connectivity index is 1.12.